The van der Waals surface area contributed by atoms with Gasteiger partial charge < -0.3 is 9.64 Å². The number of nitrogens with one attached hydrogen (secondary N) is 1. The first-order valence-corrected chi connectivity index (χ1v) is 12.2. The van der Waals surface area contributed by atoms with Crippen molar-refractivity contribution in [1.29, 1.82) is 0 Å². The smallest absolute Gasteiger partial charge is 0.250 e. The molecule has 1 aromatic heterocycles. The number of hydrogen-bond donors (Lipinski definition) is 1. The molecule has 0 saturated carbocycles. The lowest BCUT2D eigenvalue weighted by atomic mass is 10.2. The molecule has 1 saturated heterocycles. The van der Waals surface area contributed by atoms with Gasteiger partial charge in [-0.3, -0.25) is 4.90 Å². The number of halogens is 2. The third kappa shape index (κ3) is 5.57. The van der Waals surface area contributed by atoms with Crippen molar-refractivity contribution in [2.24, 2.45) is 5.10 Å². The van der Waals surface area contributed by atoms with Crippen LogP contribution < -0.4 is 15.2 Å². The lowest BCUT2D eigenvalue weighted by molar-refractivity contribution is 0.122. The molecule has 36 heavy (non-hydrogen) atoms. The number of morpholine rings is 1. The van der Waals surface area contributed by atoms with Gasteiger partial charge in [-0.05, 0) is 36.4 Å². The molecule has 0 unspecified atom stereocenters. The minimum Gasteiger partial charge on any atom is -0.378 e. The minimum atomic E-state index is 0.290. The number of rotatable bonds is 7. The lowest BCUT2D eigenvalue weighted by Crippen LogP contribution is -2.37. The van der Waals surface area contributed by atoms with Gasteiger partial charge in [0.05, 0.1) is 29.5 Å². The predicted octanol–water partition coefficient (Wildman–Crippen LogP) is 5.93. The fourth-order valence-corrected chi connectivity index (χ4v) is 4.23. The summed E-state index contributed by atoms with van der Waals surface area (Å²) in [7, 11) is 0. The highest BCUT2D eigenvalue weighted by molar-refractivity contribution is 6.38. The number of ether oxygens (including phenoxy) is 1. The van der Waals surface area contributed by atoms with Crippen molar-refractivity contribution >= 4 is 58.6 Å². The fraction of sp³-hybridized carbons (Fsp3) is 0.154. The number of para-hydroxylation sites is 2. The highest BCUT2D eigenvalue weighted by atomic mass is 35.5. The second-order valence-electron chi connectivity index (χ2n) is 7.87. The Kier molecular flexibility index (Phi) is 7.56. The molecule has 1 aliphatic heterocycles. The highest BCUT2D eigenvalue weighted by Gasteiger charge is 2.21. The Hall–Kier alpha value is -3.72. The van der Waals surface area contributed by atoms with Crippen molar-refractivity contribution in [3.63, 3.8) is 0 Å². The molecular weight excluding hydrogens is 497 g/mol. The van der Waals surface area contributed by atoms with Crippen LogP contribution in [0.2, 0.25) is 10.0 Å². The summed E-state index contributed by atoms with van der Waals surface area (Å²) in [6.07, 6.45) is 1.55. The van der Waals surface area contributed by atoms with Crippen molar-refractivity contribution in [2.75, 3.05) is 41.5 Å². The first-order chi connectivity index (χ1) is 17.7. The van der Waals surface area contributed by atoms with E-state index in [1.807, 2.05) is 65.6 Å². The summed E-state index contributed by atoms with van der Waals surface area (Å²) in [5.74, 6) is 1.28. The zero-order valence-corrected chi connectivity index (χ0v) is 20.8. The van der Waals surface area contributed by atoms with Gasteiger partial charge >= 0.3 is 0 Å². The van der Waals surface area contributed by atoms with Gasteiger partial charge in [0.15, 0.2) is 0 Å². The Bertz CT molecular complexity index is 1270. The normalized spacial score (nSPS) is 13.7. The summed E-state index contributed by atoms with van der Waals surface area (Å²) in [6.45, 7) is 2.57. The van der Waals surface area contributed by atoms with Crippen LogP contribution in [0.4, 0.5) is 29.2 Å². The molecule has 0 bridgehead atoms. The first-order valence-electron chi connectivity index (χ1n) is 11.4. The standard InChI is InChI=1S/C26H23Cl2N7O/c27-22-12-7-13-23(28)21(22)18-29-33-24-30-25(34-14-16-36-17-15-34)32-26(31-24)35(19-8-3-1-4-9-19)20-10-5-2-6-11-20/h1-13,18H,14-17H2,(H,30,31,32,33)/b29-18-. The second kappa shape index (κ2) is 11.3. The van der Waals surface area contributed by atoms with Crippen LogP contribution in [0.5, 0.6) is 0 Å². The molecule has 3 aromatic carbocycles. The Morgan fingerprint density at radius 3 is 2.03 bits per heavy atom. The third-order valence-electron chi connectivity index (χ3n) is 5.49. The van der Waals surface area contributed by atoms with E-state index in [2.05, 4.69) is 20.4 Å². The molecule has 4 aromatic rings. The fourth-order valence-electron chi connectivity index (χ4n) is 3.73. The quantitative estimate of drug-likeness (QED) is 0.239. The van der Waals surface area contributed by atoms with E-state index < -0.39 is 0 Å². The molecule has 8 nitrogen and oxygen atoms in total. The monoisotopic (exact) mass is 519 g/mol. The van der Waals surface area contributed by atoms with Gasteiger partial charge in [-0.15, -0.1) is 0 Å². The van der Waals surface area contributed by atoms with Crippen LogP contribution in [0.25, 0.3) is 0 Å². The summed E-state index contributed by atoms with van der Waals surface area (Å²) >= 11 is 12.5. The van der Waals surface area contributed by atoms with Crippen molar-refractivity contribution in [2.45, 2.75) is 0 Å². The largest absolute Gasteiger partial charge is 0.378 e. The van der Waals surface area contributed by atoms with Gasteiger partial charge in [-0.1, -0.05) is 65.7 Å². The lowest BCUT2D eigenvalue weighted by Gasteiger charge is -2.28. The Labute approximate surface area is 219 Å². The average Bonchev–Trinajstić information content (AvgIpc) is 2.92. The van der Waals surface area contributed by atoms with Crippen LogP contribution in [0, 0.1) is 0 Å². The van der Waals surface area contributed by atoms with Gasteiger partial charge in [0.2, 0.25) is 17.8 Å². The Morgan fingerprint density at radius 2 is 1.42 bits per heavy atom. The van der Waals surface area contributed by atoms with Gasteiger partial charge in [0.1, 0.15) is 0 Å². The summed E-state index contributed by atoms with van der Waals surface area (Å²) in [5, 5.41) is 5.30. The summed E-state index contributed by atoms with van der Waals surface area (Å²) < 4.78 is 5.52. The SMILES string of the molecule is Clc1cccc(Cl)c1/C=N\Nc1nc(N2CCOCC2)nc(N(c2ccccc2)c2ccccc2)n1. The number of aromatic nitrogens is 3. The summed E-state index contributed by atoms with van der Waals surface area (Å²) in [4.78, 5) is 18.2. The third-order valence-corrected chi connectivity index (χ3v) is 6.15. The van der Waals surface area contributed by atoms with E-state index in [4.69, 9.17) is 37.9 Å². The molecule has 1 N–H and O–H groups in total. The maximum Gasteiger partial charge on any atom is 0.250 e. The number of hydrazone groups is 1. The molecule has 182 valence electrons. The maximum atomic E-state index is 6.27. The zero-order chi connectivity index (χ0) is 24.7. The van der Waals surface area contributed by atoms with Crippen LogP contribution in [0.3, 0.4) is 0 Å². The van der Waals surface area contributed by atoms with E-state index in [-0.39, 0.29) is 5.95 Å². The van der Waals surface area contributed by atoms with Gasteiger partial charge in [-0.2, -0.15) is 20.1 Å². The molecular formula is C26H23Cl2N7O. The van der Waals surface area contributed by atoms with E-state index in [1.54, 1.807) is 24.4 Å². The van der Waals surface area contributed by atoms with Crippen molar-refractivity contribution in [1.82, 2.24) is 15.0 Å². The van der Waals surface area contributed by atoms with E-state index >= 15 is 0 Å². The number of anilines is 5. The van der Waals surface area contributed by atoms with E-state index in [0.29, 0.717) is 53.8 Å². The Balaban J connectivity index is 1.55. The zero-order valence-electron chi connectivity index (χ0n) is 19.3. The first kappa shape index (κ1) is 24.0. The summed E-state index contributed by atoms with van der Waals surface area (Å²) in [6, 6.07) is 25.2. The summed E-state index contributed by atoms with van der Waals surface area (Å²) in [5.41, 5.74) is 5.37. The molecule has 0 atom stereocenters. The topological polar surface area (TPSA) is 78.8 Å². The van der Waals surface area contributed by atoms with Gasteiger partial charge in [0.25, 0.3) is 0 Å². The molecule has 0 aliphatic carbocycles. The van der Waals surface area contributed by atoms with Crippen LogP contribution in [0.15, 0.2) is 84.0 Å². The van der Waals surface area contributed by atoms with Crippen molar-refractivity contribution in [3.8, 4) is 0 Å². The highest BCUT2D eigenvalue weighted by Crippen LogP contribution is 2.33. The Morgan fingerprint density at radius 1 is 0.806 bits per heavy atom. The maximum absolute atomic E-state index is 6.27. The van der Waals surface area contributed by atoms with Crippen LogP contribution in [-0.2, 0) is 4.74 Å². The van der Waals surface area contributed by atoms with Crippen molar-refractivity contribution in [3.05, 3.63) is 94.5 Å². The van der Waals surface area contributed by atoms with Crippen LogP contribution in [0.1, 0.15) is 5.56 Å². The molecule has 1 fully saturated rings. The number of nitrogens with zero attached hydrogens (tertiary/aromatic N) is 6. The molecule has 2 heterocycles. The second-order valence-corrected chi connectivity index (χ2v) is 8.68. The molecule has 1 aliphatic rings. The molecule has 0 amide bonds. The number of hydrogen-bond acceptors (Lipinski definition) is 8. The van der Waals surface area contributed by atoms with Crippen LogP contribution >= 0.6 is 23.2 Å². The van der Waals surface area contributed by atoms with Crippen LogP contribution in [-0.4, -0.2) is 47.5 Å². The van der Waals surface area contributed by atoms with Gasteiger partial charge in [-0.25, -0.2) is 5.43 Å². The average molecular weight is 520 g/mol. The number of benzene rings is 3. The van der Waals surface area contributed by atoms with E-state index in [1.165, 1.54) is 0 Å². The predicted molar refractivity (Wildman–Crippen MR) is 145 cm³/mol. The molecule has 0 spiro atoms. The molecule has 5 rings (SSSR count). The van der Waals surface area contributed by atoms with E-state index in [9.17, 15) is 0 Å². The minimum absolute atomic E-state index is 0.290. The molecule has 10 heteroatoms. The van der Waals surface area contributed by atoms with Crippen molar-refractivity contribution < 1.29 is 4.74 Å². The van der Waals surface area contributed by atoms with Gasteiger partial charge in [0, 0.05) is 30.0 Å². The molecule has 0 radical (unpaired) electrons. The van der Waals surface area contributed by atoms with E-state index in [0.717, 1.165) is 11.4 Å².